The van der Waals surface area contributed by atoms with E-state index in [1.165, 1.54) is 71.8 Å². The first-order valence-electron chi connectivity index (χ1n) is 19.0. The van der Waals surface area contributed by atoms with E-state index in [0.29, 0.717) is 0 Å². The molecule has 0 atom stereocenters. The number of anilines is 3. The van der Waals surface area contributed by atoms with Gasteiger partial charge in [0.15, 0.2) is 0 Å². The molecule has 0 N–H and O–H groups in total. The van der Waals surface area contributed by atoms with Gasteiger partial charge in [-0.2, -0.15) is 0 Å². The van der Waals surface area contributed by atoms with Crippen LogP contribution in [0.2, 0.25) is 0 Å². The monoisotopic (exact) mass is 693 g/mol. The lowest BCUT2D eigenvalue weighted by molar-refractivity contribution is 0.658. The molecule has 11 rings (SSSR count). The highest BCUT2D eigenvalue weighted by Crippen LogP contribution is 2.57. The smallest absolute Gasteiger partial charge is 0.144 e. The summed E-state index contributed by atoms with van der Waals surface area (Å²) in [5.41, 5.74) is 17.9. The summed E-state index contributed by atoms with van der Waals surface area (Å²) in [7, 11) is 0. The number of fused-ring (bicyclic) bond motifs is 13. The molecule has 258 valence electrons. The van der Waals surface area contributed by atoms with Crippen molar-refractivity contribution in [1.29, 1.82) is 0 Å². The fourth-order valence-corrected chi connectivity index (χ4v) is 9.84. The number of furan rings is 1. The summed E-state index contributed by atoms with van der Waals surface area (Å²) in [4.78, 5) is 2.40. The number of benzene rings is 8. The molecule has 2 aliphatic rings. The maximum Gasteiger partial charge on any atom is 0.144 e. The standard InChI is InChI=1S/C52H39NO/c1-51(2)43-22-14-13-19-37(43)38-26-24-36(31-45(38)51)53(34-17-9-6-10-18-34)35-25-28-46-42(30-35)47-39-20-11-12-21-40(39)49-48(50(47)54-46)41-29-33(32-15-7-5-8-16-32)23-27-44(41)52(49,3)4/h5-31H,1-4H3. The zero-order valence-corrected chi connectivity index (χ0v) is 30.9. The number of nitrogens with zero attached hydrogens (tertiary/aromatic N) is 1. The molecule has 2 aliphatic carbocycles. The van der Waals surface area contributed by atoms with E-state index < -0.39 is 0 Å². The average molecular weight is 694 g/mol. The minimum Gasteiger partial charge on any atom is -0.455 e. The lowest BCUT2D eigenvalue weighted by Gasteiger charge is -2.28. The summed E-state index contributed by atoms with van der Waals surface area (Å²) in [5.74, 6) is 0. The van der Waals surface area contributed by atoms with Crippen LogP contribution in [0.25, 0.3) is 66.1 Å². The largest absolute Gasteiger partial charge is 0.455 e. The lowest BCUT2D eigenvalue weighted by Crippen LogP contribution is -2.16. The van der Waals surface area contributed by atoms with Crippen LogP contribution >= 0.6 is 0 Å². The van der Waals surface area contributed by atoms with E-state index in [0.717, 1.165) is 33.6 Å². The van der Waals surface area contributed by atoms with E-state index in [4.69, 9.17) is 4.42 Å². The second-order valence-corrected chi connectivity index (χ2v) is 16.1. The highest BCUT2D eigenvalue weighted by Gasteiger charge is 2.40. The van der Waals surface area contributed by atoms with Crippen LogP contribution in [0.15, 0.2) is 168 Å². The summed E-state index contributed by atoms with van der Waals surface area (Å²) in [6.07, 6.45) is 0. The zero-order chi connectivity index (χ0) is 36.3. The molecule has 1 aromatic heterocycles. The number of para-hydroxylation sites is 1. The van der Waals surface area contributed by atoms with Crippen LogP contribution in [0, 0.1) is 0 Å². The van der Waals surface area contributed by atoms with E-state index >= 15 is 0 Å². The number of hydrogen-bond donors (Lipinski definition) is 0. The molecule has 0 bridgehead atoms. The Morgan fingerprint density at radius 1 is 0.426 bits per heavy atom. The van der Waals surface area contributed by atoms with E-state index in [2.05, 4.69) is 196 Å². The van der Waals surface area contributed by atoms with Crippen LogP contribution in [-0.4, -0.2) is 0 Å². The molecule has 0 saturated heterocycles. The number of hydrogen-bond acceptors (Lipinski definition) is 2. The second-order valence-electron chi connectivity index (χ2n) is 16.1. The maximum atomic E-state index is 7.05. The lowest BCUT2D eigenvalue weighted by atomic mass is 9.79. The van der Waals surface area contributed by atoms with Gasteiger partial charge in [-0.25, -0.2) is 0 Å². The molecule has 54 heavy (non-hydrogen) atoms. The summed E-state index contributed by atoms with van der Waals surface area (Å²) in [6, 6.07) is 60.0. The van der Waals surface area contributed by atoms with Crippen molar-refractivity contribution in [2.75, 3.05) is 4.90 Å². The Balaban J connectivity index is 1.16. The van der Waals surface area contributed by atoms with Crippen LogP contribution in [0.3, 0.4) is 0 Å². The fraction of sp³-hybridized carbons (Fsp3) is 0.115. The van der Waals surface area contributed by atoms with E-state index in [1.54, 1.807) is 0 Å². The molecule has 2 heteroatoms. The van der Waals surface area contributed by atoms with Gasteiger partial charge in [0.05, 0.1) is 0 Å². The molecule has 1 heterocycles. The maximum absolute atomic E-state index is 7.05. The highest BCUT2D eigenvalue weighted by atomic mass is 16.3. The van der Waals surface area contributed by atoms with Crippen LogP contribution < -0.4 is 4.90 Å². The third kappa shape index (κ3) is 4.23. The van der Waals surface area contributed by atoms with Crippen molar-refractivity contribution >= 4 is 49.8 Å². The average Bonchev–Trinajstić information content (AvgIpc) is 3.78. The molecule has 0 radical (unpaired) electrons. The van der Waals surface area contributed by atoms with Crippen LogP contribution in [0.5, 0.6) is 0 Å². The first-order valence-corrected chi connectivity index (χ1v) is 19.0. The Morgan fingerprint density at radius 2 is 1.07 bits per heavy atom. The van der Waals surface area contributed by atoms with Gasteiger partial charge < -0.3 is 9.32 Å². The van der Waals surface area contributed by atoms with Crippen molar-refractivity contribution in [1.82, 2.24) is 0 Å². The van der Waals surface area contributed by atoms with Gasteiger partial charge >= 0.3 is 0 Å². The Kier molecular flexibility index (Phi) is 6.39. The highest BCUT2D eigenvalue weighted by molar-refractivity contribution is 6.25. The molecular formula is C52H39NO. The molecule has 8 aromatic carbocycles. The molecule has 0 spiro atoms. The molecule has 0 fully saturated rings. The Morgan fingerprint density at radius 3 is 1.89 bits per heavy atom. The second kappa shape index (κ2) is 11.1. The minimum atomic E-state index is -0.192. The molecule has 0 aliphatic heterocycles. The fourth-order valence-electron chi connectivity index (χ4n) is 9.84. The van der Waals surface area contributed by atoms with E-state index in [-0.39, 0.29) is 10.8 Å². The normalized spacial score (nSPS) is 14.6. The predicted molar refractivity (Wildman–Crippen MR) is 226 cm³/mol. The molecule has 9 aromatic rings. The van der Waals surface area contributed by atoms with Gasteiger partial charge in [-0.1, -0.05) is 143 Å². The van der Waals surface area contributed by atoms with Crippen molar-refractivity contribution in [2.24, 2.45) is 0 Å². The van der Waals surface area contributed by atoms with Gasteiger partial charge in [-0.3, -0.25) is 0 Å². The van der Waals surface area contributed by atoms with Crippen LogP contribution in [0.4, 0.5) is 17.1 Å². The van der Waals surface area contributed by atoms with Crippen LogP contribution in [-0.2, 0) is 10.8 Å². The topological polar surface area (TPSA) is 16.4 Å². The van der Waals surface area contributed by atoms with E-state index in [1.807, 2.05) is 0 Å². The zero-order valence-electron chi connectivity index (χ0n) is 30.9. The molecular weight excluding hydrogens is 655 g/mol. The predicted octanol–water partition coefficient (Wildman–Crippen LogP) is 14.5. The van der Waals surface area contributed by atoms with Crippen molar-refractivity contribution in [3.63, 3.8) is 0 Å². The summed E-state index contributed by atoms with van der Waals surface area (Å²) in [6.45, 7) is 9.44. The van der Waals surface area contributed by atoms with Gasteiger partial charge in [-0.05, 0) is 109 Å². The first kappa shape index (κ1) is 31.2. The van der Waals surface area contributed by atoms with Gasteiger partial charge in [0, 0.05) is 44.2 Å². The Bertz CT molecular complexity index is 2980. The van der Waals surface area contributed by atoms with Crippen molar-refractivity contribution < 1.29 is 4.42 Å². The summed E-state index contributed by atoms with van der Waals surface area (Å²) < 4.78 is 7.05. The van der Waals surface area contributed by atoms with Gasteiger partial charge in [-0.15, -0.1) is 0 Å². The van der Waals surface area contributed by atoms with Crippen molar-refractivity contribution in [2.45, 2.75) is 38.5 Å². The SMILES string of the molecule is CC1(C)c2ccccc2-c2ccc(N(c3ccccc3)c3ccc4oc5c6c(c7ccccc7c5c4c3)C(C)(C)c3ccc(-c4ccccc4)cc3-6)cc21. The number of rotatable bonds is 4. The third-order valence-electron chi connectivity index (χ3n) is 12.4. The minimum absolute atomic E-state index is 0.0985. The Hall–Kier alpha value is -6.38. The van der Waals surface area contributed by atoms with Crippen molar-refractivity contribution in [3.8, 4) is 33.4 Å². The first-order chi connectivity index (χ1) is 26.3. The quantitative estimate of drug-likeness (QED) is 0.182. The van der Waals surface area contributed by atoms with Gasteiger partial charge in [0.2, 0.25) is 0 Å². The molecule has 0 amide bonds. The third-order valence-corrected chi connectivity index (χ3v) is 12.4. The van der Waals surface area contributed by atoms with Crippen molar-refractivity contribution in [3.05, 3.63) is 186 Å². The van der Waals surface area contributed by atoms with Crippen LogP contribution in [0.1, 0.15) is 49.9 Å². The van der Waals surface area contributed by atoms with E-state index in [9.17, 15) is 0 Å². The van der Waals surface area contributed by atoms with Gasteiger partial charge in [0.25, 0.3) is 0 Å². The molecule has 0 unspecified atom stereocenters. The van der Waals surface area contributed by atoms with Gasteiger partial charge in [0.1, 0.15) is 11.2 Å². The molecule has 0 saturated carbocycles. The Labute approximate surface area is 315 Å². The summed E-state index contributed by atoms with van der Waals surface area (Å²) in [5, 5.41) is 4.82. The summed E-state index contributed by atoms with van der Waals surface area (Å²) >= 11 is 0. The molecule has 2 nitrogen and oxygen atoms in total.